The molecule has 184 valence electrons. The molecule has 1 aliphatic heterocycles. The van der Waals surface area contributed by atoms with Gasteiger partial charge in [0.05, 0.1) is 5.92 Å². The predicted octanol–water partition coefficient (Wildman–Crippen LogP) is 4.95. The second-order valence-electron chi connectivity index (χ2n) is 8.83. The summed E-state index contributed by atoms with van der Waals surface area (Å²) < 4.78 is 47.7. The van der Waals surface area contributed by atoms with E-state index in [2.05, 4.69) is 10.5 Å². The molecule has 3 aromatic rings. The number of halogens is 1. The molecule has 9 heteroatoms. The van der Waals surface area contributed by atoms with Crippen LogP contribution >= 0.6 is 0 Å². The summed E-state index contributed by atoms with van der Waals surface area (Å²) in [6.45, 7) is 5.79. The van der Waals surface area contributed by atoms with Gasteiger partial charge < -0.3 is 9.84 Å². The van der Waals surface area contributed by atoms with Gasteiger partial charge in [0.15, 0.2) is 10.7 Å². The summed E-state index contributed by atoms with van der Waals surface area (Å²) >= 11 is 0. The minimum absolute atomic E-state index is 0.0209. The first kappa shape index (κ1) is 24.8. The molecule has 7 nitrogen and oxygen atoms in total. The summed E-state index contributed by atoms with van der Waals surface area (Å²) in [7, 11) is -4.00. The van der Waals surface area contributed by atoms with Crippen molar-refractivity contribution in [3.05, 3.63) is 76.4 Å². The van der Waals surface area contributed by atoms with E-state index in [0.29, 0.717) is 18.4 Å². The maximum atomic E-state index is 14.0. The molecule has 4 rings (SSSR count). The van der Waals surface area contributed by atoms with E-state index in [1.807, 2.05) is 32.0 Å². The van der Waals surface area contributed by atoms with Gasteiger partial charge in [-0.1, -0.05) is 41.1 Å². The van der Waals surface area contributed by atoms with Gasteiger partial charge in [-0.25, -0.2) is 12.8 Å². The Labute approximate surface area is 204 Å². The normalized spacial score (nSPS) is 17.1. The van der Waals surface area contributed by atoms with Crippen LogP contribution in [0.2, 0.25) is 0 Å². The van der Waals surface area contributed by atoms with Crippen molar-refractivity contribution in [3.63, 3.8) is 0 Å². The molecule has 0 bridgehead atoms. The lowest BCUT2D eigenvalue weighted by Gasteiger charge is -2.31. The molecule has 2 aromatic carbocycles. The second kappa shape index (κ2) is 10.1. The quantitative estimate of drug-likeness (QED) is 0.520. The zero-order valence-electron chi connectivity index (χ0n) is 19.9. The van der Waals surface area contributed by atoms with Crippen molar-refractivity contribution in [1.82, 2.24) is 9.46 Å². The standard InChI is InChI=1S/C26H28FN3O4S/c1-17-10-12-23(18(2)15-17)28-26(31)21-8-6-14-30(16-21)35(32,33)25-19(3)29-34-24(25)13-11-20-7-4-5-9-22(20)27/h4-5,7,9-13,15,21H,6,8,14,16H2,1-3H3,(H,28,31)/b13-11+/t21-/m0/s1. The van der Waals surface area contributed by atoms with Crippen molar-refractivity contribution in [2.75, 3.05) is 18.4 Å². The van der Waals surface area contributed by atoms with Crippen LogP contribution in [0.4, 0.5) is 10.1 Å². The van der Waals surface area contributed by atoms with Crippen LogP contribution in [0.25, 0.3) is 12.2 Å². The van der Waals surface area contributed by atoms with Crippen LogP contribution in [0.3, 0.4) is 0 Å². The number of aryl methyl sites for hydroxylation is 3. The van der Waals surface area contributed by atoms with E-state index in [0.717, 1.165) is 16.8 Å². The number of nitrogens with one attached hydrogen (secondary N) is 1. The molecule has 0 spiro atoms. The highest BCUT2D eigenvalue weighted by atomic mass is 32.2. The number of carbonyl (C=O) groups is 1. The first-order valence-electron chi connectivity index (χ1n) is 11.4. The van der Waals surface area contributed by atoms with E-state index in [-0.39, 0.29) is 35.3 Å². The van der Waals surface area contributed by atoms with Gasteiger partial charge in [0.1, 0.15) is 11.5 Å². The number of rotatable bonds is 6. The summed E-state index contributed by atoms with van der Waals surface area (Å²) in [6, 6.07) is 11.9. The van der Waals surface area contributed by atoms with E-state index < -0.39 is 21.8 Å². The highest BCUT2D eigenvalue weighted by Crippen LogP contribution is 2.30. The fraction of sp³-hybridized carbons (Fsp3) is 0.308. The molecule has 1 aliphatic rings. The van der Waals surface area contributed by atoms with Gasteiger partial charge in [0, 0.05) is 24.3 Å². The van der Waals surface area contributed by atoms with Gasteiger partial charge in [-0.2, -0.15) is 4.31 Å². The van der Waals surface area contributed by atoms with Crippen molar-refractivity contribution in [1.29, 1.82) is 0 Å². The summed E-state index contributed by atoms with van der Waals surface area (Å²) in [4.78, 5) is 12.9. The molecule has 1 saturated heterocycles. The van der Waals surface area contributed by atoms with Crippen molar-refractivity contribution in [2.24, 2.45) is 5.92 Å². The van der Waals surface area contributed by atoms with Gasteiger partial charge in [0.2, 0.25) is 15.9 Å². The number of anilines is 1. The third-order valence-electron chi connectivity index (χ3n) is 6.15. The summed E-state index contributed by atoms with van der Waals surface area (Å²) in [6.07, 6.45) is 3.99. The Hall–Kier alpha value is -3.30. The van der Waals surface area contributed by atoms with Gasteiger partial charge in [-0.3, -0.25) is 4.79 Å². The molecular formula is C26H28FN3O4S. The van der Waals surface area contributed by atoms with E-state index in [9.17, 15) is 17.6 Å². The number of hydrogen-bond acceptors (Lipinski definition) is 5. The number of hydrogen-bond donors (Lipinski definition) is 1. The first-order valence-corrected chi connectivity index (χ1v) is 12.9. The molecular weight excluding hydrogens is 469 g/mol. The minimum Gasteiger partial charge on any atom is -0.355 e. The van der Waals surface area contributed by atoms with Crippen molar-refractivity contribution in [3.8, 4) is 0 Å². The first-order chi connectivity index (χ1) is 16.7. The lowest BCUT2D eigenvalue weighted by atomic mass is 9.98. The molecule has 0 unspecified atom stereocenters. The van der Waals surface area contributed by atoms with E-state index in [1.165, 1.54) is 22.5 Å². The number of piperidine rings is 1. The highest BCUT2D eigenvalue weighted by Gasteiger charge is 2.37. The molecule has 0 saturated carbocycles. The monoisotopic (exact) mass is 497 g/mol. The molecule has 1 N–H and O–H groups in total. The lowest BCUT2D eigenvalue weighted by Crippen LogP contribution is -2.44. The zero-order chi connectivity index (χ0) is 25.2. The highest BCUT2D eigenvalue weighted by molar-refractivity contribution is 7.89. The van der Waals surface area contributed by atoms with Gasteiger partial charge in [0.25, 0.3) is 0 Å². The zero-order valence-corrected chi connectivity index (χ0v) is 20.7. The van der Waals surface area contributed by atoms with E-state index >= 15 is 0 Å². The van der Waals surface area contributed by atoms with E-state index in [1.54, 1.807) is 25.1 Å². The summed E-state index contributed by atoms with van der Waals surface area (Å²) in [5.41, 5.74) is 3.27. The molecule has 1 amide bonds. The SMILES string of the molecule is Cc1ccc(NC(=O)[C@H]2CCCN(S(=O)(=O)c3c(C)noc3/C=C/c3ccccc3F)C2)c(C)c1. The Morgan fingerprint density at radius 2 is 1.94 bits per heavy atom. The van der Waals surface area contributed by atoms with Crippen LogP contribution in [0, 0.1) is 32.5 Å². The lowest BCUT2D eigenvalue weighted by molar-refractivity contribution is -0.120. The number of carbonyl (C=O) groups excluding carboxylic acids is 1. The van der Waals surface area contributed by atoms with Crippen LogP contribution in [-0.4, -0.2) is 36.9 Å². The van der Waals surface area contributed by atoms with Crippen LogP contribution in [0.15, 0.2) is 51.9 Å². The average molecular weight is 498 g/mol. The minimum atomic E-state index is -4.00. The Kier molecular flexibility index (Phi) is 7.18. The molecule has 1 fully saturated rings. The number of nitrogens with zero attached hydrogens (tertiary/aromatic N) is 2. The molecule has 2 heterocycles. The molecule has 35 heavy (non-hydrogen) atoms. The van der Waals surface area contributed by atoms with Crippen molar-refractivity contribution in [2.45, 2.75) is 38.5 Å². The van der Waals surface area contributed by atoms with E-state index in [4.69, 9.17) is 4.52 Å². The largest absolute Gasteiger partial charge is 0.355 e. The predicted molar refractivity (Wildman–Crippen MR) is 133 cm³/mol. The van der Waals surface area contributed by atoms with Crippen molar-refractivity contribution >= 4 is 33.8 Å². The second-order valence-corrected chi connectivity index (χ2v) is 10.7. The maximum absolute atomic E-state index is 14.0. The third kappa shape index (κ3) is 5.36. The molecule has 0 radical (unpaired) electrons. The Morgan fingerprint density at radius 1 is 1.17 bits per heavy atom. The number of sulfonamides is 1. The summed E-state index contributed by atoms with van der Waals surface area (Å²) in [5, 5.41) is 6.78. The smallest absolute Gasteiger partial charge is 0.248 e. The summed E-state index contributed by atoms with van der Waals surface area (Å²) in [5.74, 6) is -1.11. The number of benzene rings is 2. The third-order valence-corrected chi connectivity index (χ3v) is 8.17. The molecule has 1 atom stereocenters. The Balaban J connectivity index is 1.54. The Bertz CT molecular complexity index is 1380. The van der Waals surface area contributed by atoms with Gasteiger partial charge >= 0.3 is 0 Å². The average Bonchev–Trinajstić information content (AvgIpc) is 3.21. The molecule has 1 aromatic heterocycles. The number of aromatic nitrogens is 1. The fourth-order valence-electron chi connectivity index (χ4n) is 4.27. The van der Waals surface area contributed by atoms with Gasteiger partial charge in [-0.15, -0.1) is 0 Å². The van der Waals surface area contributed by atoms with Crippen LogP contribution < -0.4 is 5.32 Å². The maximum Gasteiger partial charge on any atom is 0.248 e. The van der Waals surface area contributed by atoms with Crippen molar-refractivity contribution < 1.29 is 22.1 Å². The van der Waals surface area contributed by atoms with Crippen LogP contribution in [0.1, 0.15) is 41.0 Å². The van der Waals surface area contributed by atoms with Crippen LogP contribution in [0.5, 0.6) is 0 Å². The fourth-order valence-corrected chi connectivity index (χ4v) is 6.04. The Morgan fingerprint density at radius 3 is 2.69 bits per heavy atom. The van der Waals surface area contributed by atoms with Crippen LogP contribution in [-0.2, 0) is 14.8 Å². The molecule has 0 aliphatic carbocycles. The topological polar surface area (TPSA) is 92.5 Å². The van der Waals surface area contributed by atoms with Gasteiger partial charge in [-0.05, 0) is 63.5 Å². The number of amides is 1.